The summed E-state index contributed by atoms with van der Waals surface area (Å²) in [6.07, 6.45) is 0.388. The molecule has 2 nitrogen and oxygen atoms in total. The monoisotopic (exact) mass is 306 g/mol. The van der Waals surface area contributed by atoms with Crippen LogP contribution in [0.15, 0.2) is 18.2 Å². The van der Waals surface area contributed by atoms with Crippen LogP contribution in [0.1, 0.15) is 13.3 Å². The van der Waals surface area contributed by atoms with Crippen LogP contribution in [0.3, 0.4) is 0 Å². The summed E-state index contributed by atoms with van der Waals surface area (Å²) in [5, 5.41) is 0. The van der Waals surface area contributed by atoms with E-state index in [1.807, 2.05) is 6.92 Å². The molecule has 0 aliphatic heterocycles. The highest BCUT2D eigenvalue weighted by Crippen LogP contribution is 2.34. The van der Waals surface area contributed by atoms with Crippen molar-refractivity contribution in [2.24, 2.45) is 0 Å². The van der Waals surface area contributed by atoms with Crippen LogP contribution < -0.4 is 4.74 Å². The topological polar surface area (TPSA) is 18.5 Å². The number of hydrogen-bond donors (Lipinski definition) is 0. The SMILES string of the molecule is CCOC1C(Br)CC1Oc1cc(F)ccc1F. The molecule has 94 valence electrons. The van der Waals surface area contributed by atoms with Gasteiger partial charge in [-0.15, -0.1) is 0 Å². The number of alkyl halides is 1. The molecule has 0 radical (unpaired) electrons. The normalized spacial score (nSPS) is 27.6. The van der Waals surface area contributed by atoms with Gasteiger partial charge in [0.2, 0.25) is 0 Å². The molecule has 2 rings (SSSR count). The average molecular weight is 307 g/mol. The lowest BCUT2D eigenvalue weighted by Crippen LogP contribution is -2.52. The summed E-state index contributed by atoms with van der Waals surface area (Å²) in [6, 6.07) is 3.18. The molecule has 0 saturated heterocycles. The summed E-state index contributed by atoms with van der Waals surface area (Å²) in [5.41, 5.74) is 0. The predicted octanol–water partition coefficient (Wildman–Crippen LogP) is 3.28. The fourth-order valence-corrected chi connectivity index (χ4v) is 2.64. The van der Waals surface area contributed by atoms with E-state index in [-0.39, 0.29) is 22.8 Å². The minimum atomic E-state index is -0.556. The third-order valence-corrected chi connectivity index (χ3v) is 3.61. The summed E-state index contributed by atoms with van der Waals surface area (Å²) in [7, 11) is 0. The van der Waals surface area contributed by atoms with E-state index in [1.165, 1.54) is 0 Å². The molecule has 5 heteroatoms. The second kappa shape index (κ2) is 5.31. The molecule has 1 aromatic carbocycles. The molecular weight excluding hydrogens is 294 g/mol. The van der Waals surface area contributed by atoms with Gasteiger partial charge in [0.05, 0.1) is 0 Å². The van der Waals surface area contributed by atoms with Crippen molar-refractivity contribution in [2.75, 3.05) is 6.61 Å². The smallest absolute Gasteiger partial charge is 0.165 e. The highest BCUT2D eigenvalue weighted by molar-refractivity contribution is 9.09. The molecule has 0 N–H and O–H groups in total. The molecule has 1 fully saturated rings. The van der Waals surface area contributed by atoms with Gasteiger partial charge in [0.1, 0.15) is 18.0 Å². The van der Waals surface area contributed by atoms with Crippen LogP contribution in [0.25, 0.3) is 0 Å². The molecular formula is C12H13BrF2O2. The Morgan fingerprint density at radius 1 is 1.41 bits per heavy atom. The van der Waals surface area contributed by atoms with E-state index >= 15 is 0 Å². The number of ether oxygens (including phenoxy) is 2. The predicted molar refractivity (Wildman–Crippen MR) is 63.5 cm³/mol. The van der Waals surface area contributed by atoms with E-state index in [9.17, 15) is 8.78 Å². The Labute approximate surface area is 107 Å². The summed E-state index contributed by atoms with van der Waals surface area (Å²) in [6.45, 7) is 2.45. The molecule has 0 amide bonds. The molecule has 3 atom stereocenters. The van der Waals surface area contributed by atoms with E-state index in [2.05, 4.69) is 15.9 Å². The van der Waals surface area contributed by atoms with Crippen LogP contribution in [-0.2, 0) is 4.74 Å². The summed E-state index contributed by atoms with van der Waals surface area (Å²) in [4.78, 5) is 0.212. The maximum atomic E-state index is 13.4. The summed E-state index contributed by atoms with van der Waals surface area (Å²) >= 11 is 3.44. The van der Waals surface area contributed by atoms with Gasteiger partial charge in [0.15, 0.2) is 11.6 Å². The zero-order chi connectivity index (χ0) is 12.4. The van der Waals surface area contributed by atoms with Gasteiger partial charge in [-0.2, -0.15) is 0 Å². The van der Waals surface area contributed by atoms with Crippen LogP contribution in [0.4, 0.5) is 8.78 Å². The largest absolute Gasteiger partial charge is 0.484 e. The van der Waals surface area contributed by atoms with Gasteiger partial charge in [-0.05, 0) is 19.1 Å². The zero-order valence-electron chi connectivity index (χ0n) is 9.33. The number of benzene rings is 1. The van der Waals surface area contributed by atoms with Crippen molar-refractivity contribution >= 4 is 15.9 Å². The molecule has 0 heterocycles. The van der Waals surface area contributed by atoms with Crippen LogP contribution in [0.2, 0.25) is 0 Å². The third-order valence-electron chi connectivity index (χ3n) is 2.71. The maximum Gasteiger partial charge on any atom is 0.165 e. The van der Waals surface area contributed by atoms with Crippen molar-refractivity contribution in [2.45, 2.75) is 30.4 Å². The standard InChI is InChI=1S/C12H13BrF2O2/c1-2-16-12-8(13)6-11(12)17-10-5-7(14)3-4-9(10)15/h3-5,8,11-12H,2,6H2,1H3. The summed E-state index contributed by atoms with van der Waals surface area (Å²) < 4.78 is 37.2. The van der Waals surface area contributed by atoms with Crippen molar-refractivity contribution < 1.29 is 18.3 Å². The first-order valence-electron chi connectivity index (χ1n) is 5.49. The molecule has 1 aliphatic rings. The molecule has 1 saturated carbocycles. The van der Waals surface area contributed by atoms with E-state index in [0.717, 1.165) is 24.6 Å². The van der Waals surface area contributed by atoms with E-state index in [4.69, 9.17) is 9.47 Å². The van der Waals surface area contributed by atoms with Gasteiger partial charge in [0.25, 0.3) is 0 Å². The molecule has 0 spiro atoms. The average Bonchev–Trinajstić information content (AvgIpc) is 2.30. The molecule has 17 heavy (non-hydrogen) atoms. The Hall–Kier alpha value is -0.680. The van der Waals surface area contributed by atoms with Crippen molar-refractivity contribution in [3.63, 3.8) is 0 Å². The van der Waals surface area contributed by atoms with Crippen molar-refractivity contribution in [3.8, 4) is 5.75 Å². The third kappa shape index (κ3) is 2.77. The van der Waals surface area contributed by atoms with Gasteiger partial charge in [-0.1, -0.05) is 15.9 Å². The summed E-state index contributed by atoms with van der Waals surface area (Å²) in [5.74, 6) is -1.12. The molecule has 0 aromatic heterocycles. The van der Waals surface area contributed by atoms with Gasteiger partial charge >= 0.3 is 0 Å². The van der Waals surface area contributed by atoms with E-state index in [1.54, 1.807) is 0 Å². The van der Waals surface area contributed by atoms with Crippen LogP contribution in [-0.4, -0.2) is 23.6 Å². The van der Waals surface area contributed by atoms with E-state index in [0.29, 0.717) is 6.61 Å². The Morgan fingerprint density at radius 2 is 2.18 bits per heavy atom. The van der Waals surface area contributed by atoms with Crippen LogP contribution in [0, 0.1) is 11.6 Å². The lowest BCUT2D eigenvalue weighted by atomic mass is 9.91. The lowest BCUT2D eigenvalue weighted by molar-refractivity contribution is -0.0735. The van der Waals surface area contributed by atoms with Crippen molar-refractivity contribution in [1.29, 1.82) is 0 Å². The van der Waals surface area contributed by atoms with Crippen LogP contribution in [0.5, 0.6) is 5.75 Å². The Morgan fingerprint density at radius 3 is 2.82 bits per heavy atom. The highest BCUT2D eigenvalue weighted by Gasteiger charge is 2.42. The second-order valence-corrected chi connectivity index (χ2v) is 5.08. The first-order chi connectivity index (χ1) is 8.11. The Balaban J connectivity index is 2.03. The molecule has 0 bridgehead atoms. The molecule has 1 aliphatic carbocycles. The fraction of sp³-hybridized carbons (Fsp3) is 0.500. The zero-order valence-corrected chi connectivity index (χ0v) is 10.9. The number of rotatable bonds is 4. The van der Waals surface area contributed by atoms with Crippen molar-refractivity contribution in [3.05, 3.63) is 29.8 Å². The van der Waals surface area contributed by atoms with Crippen LogP contribution >= 0.6 is 15.9 Å². The second-order valence-electron chi connectivity index (χ2n) is 3.90. The lowest BCUT2D eigenvalue weighted by Gasteiger charge is -2.40. The van der Waals surface area contributed by atoms with E-state index < -0.39 is 11.6 Å². The Kier molecular flexibility index (Phi) is 3.99. The first-order valence-corrected chi connectivity index (χ1v) is 6.40. The quantitative estimate of drug-likeness (QED) is 0.795. The van der Waals surface area contributed by atoms with Gasteiger partial charge in [0, 0.05) is 23.9 Å². The number of hydrogen-bond acceptors (Lipinski definition) is 2. The minimum Gasteiger partial charge on any atom is -0.484 e. The van der Waals surface area contributed by atoms with Gasteiger partial charge in [-0.3, -0.25) is 0 Å². The highest BCUT2D eigenvalue weighted by atomic mass is 79.9. The maximum absolute atomic E-state index is 13.4. The fourth-order valence-electron chi connectivity index (χ4n) is 1.78. The van der Waals surface area contributed by atoms with Crippen molar-refractivity contribution in [1.82, 2.24) is 0 Å². The molecule has 3 unspecified atom stereocenters. The van der Waals surface area contributed by atoms with Gasteiger partial charge in [-0.25, -0.2) is 8.78 Å². The Bertz CT molecular complexity index is 400. The number of halogens is 3. The van der Waals surface area contributed by atoms with Gasteiger partial charge < -0.3 is 9.47 Å². The molecule has 1 aromatic rings. The minimum absolute atomic E-state index is 0.0564. The first kappa shape index (κ1) is 12.8.